The number of carboxylic acid groups (broad SMARTS) is 1. The summed E-state index contributed by atoms with van der Waals surface area (Å²) in [5, 5.41) is 24.9. The predicted octanol–water partition coefficient (Wildman–Crippen LogP) is 1.34. The third kappa shape index (κ3) is 2.61. The molecular weight excluding hydrogens is 288 g/mol. The van der Waals surface area contributed by atoms with Gasteiger partial charge in [0.05, 0.1) is 12.5 Å². The number of carboxylic acids is 1. The van der Waals surface area contributed by atoms with Crippen molar-refractivity contribution in [3.63, 3.8) is 0 Å². The van der Waals surface area contributed by atoms with Crippen LogP contribution in [0.4, 0.5) is 0 Å². The summed E-state index contributed by atoms with van der Waals surface area (Å²) in [7, 11) is 0. The molecule has 0 aliphatic heterocycles. The van der Waals surface area contributed by atoms with Crippen molar-refractivity contribution in [3.8, 4) is 0 Å². The molecule has 1 saturated carbocycles. The minimum absolute atomic E-state index is 0.0790. The molecule has 0 bridgehead atoms. The fourth-order valence-corrected chi connectivity index (χ4v) is 3.42. The van der Waals surface area contributed by atoms with Gasteiger partial charge in [0.25, 0.3) is 5.91 Å². The molecule has 122 valence electrons. The molecule has 7 heteroatoms. The third-order valence-electron chi connectivity index (χ3n) is 4.91. The Bertz CT molecular complexity index is 593. The molecule has 22 heavy (non-hydrogen) atoms. The minimum atomic E-state index is -0.794. The fraction of sp³-hybridized carbons (Fsp3) is 0.667. The number of aliphatic hydroxyl groups excluding tert-OH is 1. The topological polar surface area (TPSA) is 113 Å². The second-order valence-electron chi connectivity index (χ2n) is 6.54. The number of hydrogen-bond acceptors (Lipinski definition) is 5. The van der Waals surface area contributed by atoms with Crippen molar-refractivity contribution in [2.75, 3.05) is 0 Å². The number of amides is 1. The van der Waals surface area contributed by atoms with Crippen molar-refractivity contribution in [1.82, 2.24) is 10.5 Å². The van der Waals surface area contributed by atoms with Crippen LogP contribution in [0.1, 0.15) is 49.0 Å². The van der Waals surface area contributed by atoms with Gasteiger partial charge in [0.15, 0.2) is 0 Å². The van der Waals surface area contributed by atoms with Crippen LogP contribution >= 0.6 is 0 Å². The van der Waals surface area contributed by atoms with E-state index >= 15 is 0 Å². The van der Waals surface area contributed by atoms with Gasteiger partial charge in [0, 0.05) is 6.04 Å². The Morgan fingerprint density at radius 1 is 1.50 bits per heavy atom. The summed E-state index contributed by atoms with van der Waals surface area (Å²) in [6, 6.07) is -0.182. The average molecular weight is 310 g/mol. The van der Waals surface area contributed by atoms with Crippen molar-refractivity contribution >= 4 is 11.9 Å². The number of aliphatic carboxylic acids is 1. The lowest BCUT2D eigenvalue weighted by Crippen LogP contribution is -2.56. The van der Waals surface area contributed by atoms with Gasteiger partial charge in [0.2, 0.25) is 0 Å². The number of carbonyl (C=O) groups excluding carboxylic acids is 1. The number of hydrogen-bond donors (Lipinski definition) is 3. The molecule has 1 aliphatic carbocycles. The van der Waals surface area contributed by atoms with E-state index in [1.165, 1.54) is 0 Å². The van der Waals surface area contributed by atoms with Crippen LogP contribution < -0.4 is 5.32 Å². The Balaban J connectivity index is 2.07. The van der Waals surface area contributed by atoms with E-state index in [9.17, 15) is 14.7 Å². The largest absolute Gasteiger partial charge is 0.481 e. The van der Waals surface area contributed by atoms with E-state index in [1.807, 2.05) is 20.8 Å². The number of aliphatic hydroxyl groups is 1. The molecule has 3 atom stereocenters. The van der Waals surface area contributed by atoms with E-state index in [0.29, 0.717) is 12.2 Å². The normalized spacial score (nSPS) is 24.4. The summed E-state index contributed by atoms with van der Waals surface area (Å²) in [5.41, 5.74) is 0.0851. The lowest BCUT2D eigenvalue weighted by Gasteiger charge is -2.52. The third-order valence-corrected chi connectivity index (χ3v) is 4.91. The number of aromatic nitrogens is 1. The predicted molar refractivity (Wildman–Crippen MR) is 77.1 cm³/mol. The first-order valence-electron chi connectivity index (χ1n) is 7.29. The van der Waals surface area contributed by atoms with Crippen LogP contribution in [0.15, 0.2) is 4.52 Å². The molecule has 1 heterocycles. The minimum Gasteiger partial charge on any atom is -0.481 e. The number of aryl methyl sites for hydroxylation is 1. The van der Waals surface area contributed by atoms with Gasteiger partial charge in [-0.2, -0.15) is 0 Å². The second kappa shape index (κ2) is 5.72. The smallest absolute Gasteiger partial charge is 0.307 e. The Kier molecular flexibility index (Phi) is 4.28. The SMILES string of the molecule is Cc1onc(CO)c1C(=O)NC(C)[C@@H]1C[C@H](C(=O)O)C1(C)C. The first-order valence-corrected chi connectivity index (χ1v) is 7.29. The Morgan fingerprint density at radius 2 is 2.14 bits per heavy atom. The van der Waals surface area contributed by atoms with E-state index in [1.54, 1.807) is 6.92 Å². The van der Waals surface area contributed by atoms with Gasteiger partial charge in [-0.25, -0.2) is 0 Å². The number of nitrogens with zero attached hydrogens (tertiary/aromatic N) is 1. The van der Waals surface area contributed by atoms with Gasteiger partial charge >= 0.3 is 5.97 Å². The summed E-state index contributed by atoms with van der Waals surface area (Å²) in [6.45, 7) is 6.92. The summed E-state index contributed by atoms with van der Waals surface area (Å²) in [5.74, 6) is -1.11. The first-order chi connectivity index (χ1) is 10.2. The Hall–Kier alpha value is -1.89. The van der Waals surface area contributed by atoms with Crippen LogP contribution in [-0.2, 0) is 11.4 Å². The second-order valence-corrected chi connectivity index (χ2v) is 6.54. The van der Waals surface area contributed by atoms with Crippen LogP contribution in [0.5, 0.6) is 0 Å². The molecule has 1 aliphatic rings. The van der Waals surface area contributed by atoms with Gasteiger partial charge in [-0.15, -0.1) is 0 Å². The van der Waals surface area contributed by atoms with E-state index < -0.39 is 5.97 Å². The molecule has 3 N–H and O–H groups in total. The van der Waals surface area contributed by atoms with E-state index in [2.05, 4.69) is 10.5 Å². The zero-order valence-electron chi connectivity index (χ0n) is 13.2. The van der Waals surface area contributed by atoms with Crippen molar-refractivity contribution in [2.45, 2.75) is 46.8 Å². The lowest BCUT2D eigenvalue weighted by molar-refractivity contribution is -0.160. The molecule has 0 saturated heterocycles. The van der Waals surface area contributed by atoms with E-state index in [0.717, 1.165) is 0 Å². The number of nitrogens with one attached hydrogen (secondary N) is 1. The summed E-state index contributed by atoms with van der Waals surface area (Å²) < 4.78 is 4.93. The highest BCUT2D eigenvalue weighted by atomic mass is 16.5. The lowest BCUT2D eigenvalue weighted by atomic mass is 9.52. The highest BCUT2D eigenvalue weighted by Crippen LogP contribution is 2.52. The van der Waals surface area contributed by atoms with Crippen molar-refractivity contribution in [1.29, 1.82) is 0 Å². The van der Waals surface area contributed by atoms with Gasteiger partial charge in [-0.3, -0.25) is 9.59 Å². The standard InChI is InChI=1S/C15H22N2O5/c1-7(9-5-10(14(20)21)15(9,3)4)16-13(19)12-8(2)22-17-11(12)6-18/h7,9-10,18H,5-6H2,1-4H3,(H,16,19)(H,20,21)/t7?,9-,10+/m0/s1. The zero-order chi connectivity index (χ0) is 16.7. The molecule has 7 nitrogen and oxygen atoms in total. The summed E-state index contributed by atoms with van der Waals surface area (Å²) >= 11 is 0. The van der Waals surface area contributed by atoms with Gasteiger partial charge in [-0.1, -0.05) is 19.0 Å². The van der Waals surface area contributed by atoms with Gasteiger partial charge < -0.3 is 20.1 Å². The molecule has 1 aromatic rings. The first kappa shape index (κ1) is 16.5. The van der Waals surface area contributed by atoms with Crippen LogP contribution in [-0.4, -0.2) is 33.3 Å². The van der Waals surface area contributed by atoms with Crippen LogP contribution in [0.25, 0.3) is 0 Å². The van der Waals surface area contributed by atoms with Crippen molar-refractivity contribution in [2.24, 2.45) is 17.3 Å². The maximum Gasteiger partial charge on any atom is 0.307 e. The van der Waals surface area contributed by atoms with Gasteiger partial charge in [-0.05, 0) is 31.6 Å². The number of rotatable bonds is 5. The van der Waals surface area contributed by atoms with Crippen LogP contribution in [0, 0.1) is 24.2 Å². The average Bonchev–Trinajstić information content (AvgIpc) is 2.78. The molecular formula is C15H22N2O5. The molecule has 1 amide bonds. The van der Waals surface area contributed by atoms with Crippen LogP contribution in [0.3, 0.4) is 0 Å². The van der Waals surface area contributed by atoms with Crippen molar-refractivity contribution in [3.05, 3.63) is 17.0 Å². The van der Waals surface area contributed by atoms with E-state index in [-0.39, 0.29) is 47.1 Å². The highest BCUT2D eigenvalue weighted by molar-refractivity contribution is 5.96. The Morgan fingerprint density at radius 3 is 2.64 bits per heavy atom. The summed E-state index contributed by atoms with van der Waals surface area (Å²) in [6.07, 6.45) is 0.541. The zero-order valence-corrected chi connectivity index (χ0v) is 13.2. The van der Waals surface area contributed by atoms with E-state index in [4.69, 9.17) is 9.63 Å². The van der Waals surface area contributed by atoms with Gasteiger partial charge in [0.1, 0.15) is 17.0 Å². The highest BCUT2D eigenvalue weighted by Gasteiger charge is 2.54. The fourth-order valence-electron chi connectivity index (χ4n) is 3.42. The van der Waals surface area contributed by atoms with Crippen molar-refractivity contribution < 1.29 is 24.3 Å². The molecule has 1 fully saturated rings. The maximum absolute atomic E-state index is 12.3. The molecule has 2 rings (SSSR count). The molecule has 1 aromatic heterocycles. The monoisotopic (exact) mass is 310 g/mol. The van der Waals surface area contributed by atoms with Crippen LogP contribution in [0.2, 0.25) is 0 Å². The Labute approximate surface area is 128 Å². The quantitative estimate of drug-likeness (QED) is 0.756. The number of carbonyl (C=O) groups is 2. The molecule has 0 spiro atoms. The molecule has 1 unspecified atom stereocenters. The maximum atomic E-state index is 12.3. The molecule has 0 radical (unpaired) electrons. The molecule has 0 aromatic carbocycles. The summed E-state index contributed by atoms with van der Waals surface area (Å²) in [4.78, 5) is 23.5.